The Hall–Kier alpha value is -5.12. The van der Waals surface area contributed by atoms with E-state index in [1.807, 2.05) is 66.9 Å². The lowest BCUT2D eigenvalue weighted by Crippen LogP contribution is -2.29. The predicted molar refractivity (Wildman–Crippen MR) is 158 cm³/mol. The zero-order valence-electron chi connectivity index (χ0n) is 22.1. The van der Waals surface area contributed by atoms with Crippen molar-refractivity contribution in [3.05, 3.63) is 109 Å². The number of fused-ring (bicyclic) bond motifs is 3. The van der Waals surface area contributed by atoms with Gasteiger partial charge in [-0.3, -0.25) is 9.20 Å². The second-order valence-corrected chi connectivity index (χ2v) is 9.93. The van der Waals surface area contributed by atoms with E-state index in [0.717, 1.165) is 38.9 Å². The van der Waals surface area contributed by atoms with Crippen LogP contribution >= 0.6 is 0 Å². The van der Waals surface area contributed by atoms with Crippen LogP contribution in [0.15, 0.2) is 97.2 Å². The normalized spacial score (nSPS) is 12.0. The SMILES string of the molecule is NC(CC(=O)Nc1ccc(O)cc1)Cc1ccc(-c2nc3ccn4c(CO)nnc4c3cc2-c2ccccc2)cc1. The molecule has 5 N–H and O–H groups in total. The molecule has 0 spiro atoms. The Morgan fingerprint density at radius 1 is 0.927 bits per heavy atom. The van der Waals surface area contributed by atoms with Crippen molar-refractivity contribution in [2.24, 2.45) is 5.73 Å². The molecule has 0 saturated heterocycles. The lowest BCUT2D eigenvalue weighted by Gasteiger charge is -2.14. The van der Waals surface area contributed by atoms with Crippen LogP contribution in [0.2, 0.25) is 0 Å². The first-order valence-electron chi connectivity index (χ1n) is 13.3. The maximum atomic E-state index is 12.4. The number of benzene rings is 3. The van der Waals surface area contributed by atoms with Crippen LogP contribution in [0.25, 0.3) is 38.9 Å². The summed E-state index contributed by atoms with van der Waals surface area (Å²) in [4.78, 5) is 17.5. The highest BCUT2D eigenvalue weighted by atomic mass is 16.3. The number of hydrogen-bond acceptors (Lipinski definition) is 7. The number of nitrogens with one attached hydrogen (secondary N) is 1. The highest BCUT2D eigenvalue weighted by molar-refractivity contribution is 5.98. The average Bonchev–Trinajstić information content (AvgIpc) is 3.42. The second kappa shape index (κ2) is 11.2. The summed E-state index contributed by atoms with van der Waals surface area (Å²) in [7, 11) is 0. The van der Waals surface area contributed by atoms with Crippen molar-refractivity contribution >= 4 is 28.1 Å². The molecule has 0 radical (unpaired) electrons. The van der Waals surface area contributed by atoms with Gasteiger partial charge in [0.1, 0.15) is 12.4 Å². The number of aromatic nitrogens is 4. The lowest BCUT2D eigenvalue weighted by atomic mass is 9.96. The van der Waals surface area contributed by atoms with E-state index in [1.54, 1.807) is 16.5 Å². The van der Waals surface area contributed by atoms with E-state index in [2.05, 4.69) is 21.6 Å². The quantitative estimate of drug-likeness (QED) is 0.204. The summed E-state index contributed by atoms with van der Waals surface area (Å²) in [5.41, 5.74) is 13.1. The van der Waals surface area contributed by atoms with Gasteiger partial charge in [-0.25, -0.2) is 4.98 Å². The van der Waals surface area contributed by atoms with Gasteiger partial charge in [-0.05, 0) is 53.9 Å². The third-order valence-electron chi connectivity index (χ3n) is 6.99. The second-order valence-electron chi connectivity index (χ2n) is 9.93. The third-order valence-corrected chi connectivity index (χ3v) is 6.99. The van der Waals surface area contributed by atoms with Crippen molar-refractivity contribution in [1.29, 1.82) is 0 Å². The van der Waals surface area contributed by atoms with Gasteiger partial charge in [-0.1, -0.05) is 54.6 Å². The van der Waals surface area contributed by atoms with Crippen molar-refractivity contribution in [2.45, 2.75) is 25.5 Å². The number of aromatic hydroxyl groups is 1. The number of hydrogen-bond donors (Lipinski definition) is 4. The van der Waals surface area contributed by atoms with Crippen molar-refractivity contribution in [1.82, 2.24) is 19.6 Å². The van der Waals surface area contributed by atoms with Crippen LogP contribution < -0.4 is 11.1 Å². The molecule has 0 aliphatic carbocycles. The molecule has 3 aromatic heterocycles. The van der Waals surface area contributed by atoms with Gasteiger partial charge in [0.2, 0.25) is 5.91 Å². The number of carbonyl (C=O) groups excluding carboxylic acids is 1. The number of nitrogens with two attached hydrogens (primary N) is 1. The Morgan fingerprint density at radius 2 is 1.68 bits per heavy atom. The first-order valence-corrected chi connectivity index (χ1v) is 13.3. The van der Waals surface area contributed by atoms with Crippen molar-refractivity contribution < 1.29 is 15.0 Å². The van der Waals surface area contributed by atoms with E-state index < -0.39 is 0 Å². The number of phenols is 1. The number of aliphatic hydroxyl groups is 1. The zero-order chi connectivity index (χ0) is 28.3. The van der Waals surface area contributed by atoms with Gasteiger partial charge in [0.25, 0.3) is 0 Å². The standard InChI is InChI=1S/C32H28N6O3/c33-23(17-30(41)34-24-10-12-25(40)13-11-24)16-20-6-8-22(9-7-20)31-26(21-4-2-1-3-5-21)18-27-28(35-31)14-15-38-29(19-39)36-37-32(27)38/h1-15,18,23,39-40H,16-17,19,33H2,(H,34,41). The molecule has 204 valence electrons. The molecule has 9 nitrogen and oxygen atoms in total. The fourth-order valence-corrected chi connectivity index (χ4v) is 4.98. The third kappa shape index (κ3) is 5.49. The van der Waals surface area contributed by atoms with Gasteiger partial charge < -0.3 is 21.3 Å². The highest BCUT2D eigenvalue weighted by Crippen LogP contribution is 2.34. The molecular formula is C32H28N6O3. The Morgan fingerprint density at radius 3 is 2.41 bits per heavy atom. The van der Waals surface area contributed by atoms with E-state index in [9.17, 15) is 15.0 Å². The maximum Gasteiger partial charge on any atom is 0.225 e. The zero-order valence-corrected chi connectivity index (χ0v) is 22.1. The van der Waals surface area contributed by atoms with Gasteiger partial charge in [0, 0.05) is 40.9 Å². The summed E-state index contributed by atoms with van der Waals surface area (Å²) in [5, 5.41) is 31.1. The predicted octanol–water partition coefficient (Wildman–Crippen LogP) is 4.71. The van der Waals surface area contributed by atoms with E-state index >= 15 is 0 Å². The van der Waals surface area contributed by atoms with Crippen molar-refractivity contribution in [2.75, 3.05) is 5.32 Å². The summed E-state index contributed by atoms with van der Waals surface area (Å²) in [6, 6.07) is 28.1. The molecule has 1 amide bonds. The molecule has 6 aromatic rings. The minimum Gasteiger partial charge on any atom is -0.508 e. The minimum atomic E-state index is -0.356. The Balaban J connectivity index is 1.26. The number of phenolic OH excluding ortho intramolecular Hbond substituents is 1. The number of rotatable bonds is 8. The molecule has 0 aliphatic heterocycles. The van der Waals surface area contributed by atoms with Gasteiger partial charge in [0.15, 0.2) is 11.5 Å². The molecule has 3 aromatic carbocycles. The molecular weight excluding hydrogens is 516 g/mol. The molecule has 41 heavy (non-hydrogen) atoms. The molecule has 1 unspecified atom stereocenters. The fourth-order valence-electron chi connectivity index (χ4n) is 4.98. The maximum absolute atomic E-state index is 12.4. The van der Waals surface area contributed by atoms with Crippen LogP contribution in [-0.2, 0) is 17.8 Å². The number of carbonyl (C=O) groups is 1. The van der Waals surface area contributed by atoms with Crippen LogP contribution in [0.1, 0.15) is 17.8 Å². The number of anilines is 1. The summed E-state index contributed by atoms with van der Waals surface area (Å²) in [6.07, 6.45) is 2.53. The monoisotopic (exact) mass is 544 g/mol. The Kier molecular flexibility index (Phi) is 7.11. The topological polar surface area (TPSA) is 139 Å². The molecule has 1 atom stereocenters. The highest BCUT2D eigenvalue weighted by Gasteiger charge is 2.16. The molecule has 3 heterocycles. The van der Waals surface area contributed by atoms with Crippen molar-refractivity contribution in [3.63, 3.8) is 0 Å². The van der Waals surface area contributed by atoms with Gasteiger partial charge >= 0.3 is 0 Å². The molecule has 0 saturated carbocycles. The number of amides is 1. The molecule has 0 aliphatic rings. The number of aliphatic hydroxyl groups excluding tert-OH is 1. The average molecular weight is 545 g/mol. The first kappa shape index (κ1) is 26.1. The molecule has 0 bridgehead atoms. The van der Waals surface area contributed by atoms with Gasteiger partial charge in [-0.15, -0.1) is 10.2 Å². The first-order chi connectivity index (χ1) is 20.0. The van der Waals surface area contributed by atoms with Gasteiger partial charge in [-0.2, -0.15) is 0 Å². The summed E-state index contributed by atoms with van der Waals surface area (Å²) in [6.45, 7) is -0.206. The van der Waals surface area contributed by atoms with E-state index in [1.165, 1.54) is 12.1 Å². The summed E-state index contributed by atoms with van der Waals surface area (Å²) in [5.74, 6) is 0.432. The van der Waals surface area contributed by atoms with E-state index in [0.29, 0.717) is 23.6 Å². The van der Waals surface area contributed by atoms with Crippen LogP contribution in [-0.4, -0.2) is 41.7 Å². The summed E-state index contributed by atoms with van der Waals surface area (Å²) >= 11 is 0. The van der Waals surface area contributed by atoms with Gasteiger partial charge in [0.05, 0.1) is 11.2 Å². The lowest BCUT2D eigenvalue weighted by molar-refractivity contribution is -0.116. The van der Waals surface area contributed by atoms with Crippen LogP contribution in [0.5, 0.6) is 5.75 Å². The Bertz CT molecular complexity index is 1830. The minimum absolute atomic E-state index is 0.141. The van der Waals surface area contributed by atoms with Crippen LogP contribution in [0, 0.1) is 0 Å². The molecule has 0 fully saturated rings. The van der Waals surface area contributed by atoms with Crippen LogP contribution in [0.4, 0.5) is 5.69 Å². The van der Waals surface area contributed by atoms with Crippen molar-refractivity contribution in [3.8, 4) is 28.1 Å². The smallest absolute Gasteiger partial charge is 0.225 e. The number of nitrogens with zero attached hydrogens (tertiary/aromatic N) is 4. The Labute approximate surface area is 235 Å². The van der Waals surface area contributed by atoms with E-state index in [-0.39, 0.29) is 30.7 Å². The van der Waals surface area contributed by atoms with Crippen LogP contribution in [0.3, 0.4) is 0 Å². The van der Waals surface area contributed by atoms with E-state index in [4.69, 9.17) is 10.7 Å². The molecule has 9 heteroatoms. The number of pyridine rings is 2. The summed E-state index contributed by atoms with van der Waals surface area (Å²) < 4.78 is 1.78. The fraction of sp³-hybridized carbons (Fsp3) is 0.125. The molecule has 6 rings (SSSR count). The largest absolute Gasteiger partial charge is 0.508 e.